The summed E-state index contributed by atoms with van der Waals surface area (Å²) < 4.78 is 0. The number of thioether (sulfide) groups is 1. The molecule has 0 spiro atoms. The fourth-order valence-corrected chi connectivity index (χ4v) is 4.99. The van der Waals surface area contributed by atoms with Gasteiger partial charge in [-0.15, -0.1) is 0 Å². The number of carbonyl (C=O) groups excluding carboxylic acids is 4. The topological polar surface area (TPSA) is 112 Å². The molecule has 8 nitrogen and oxygen atoms in total. The zero-order valence-corrected chi connectivity index (χ0v) is 20.1. The number of H-pyrrole nitrogens is 1. The Balaban J connectivity index is 1.41. The Morgan fingerprint density at radius 3 is 2.29 bits per heavy atom. The van der Waals surface area contributed by atoms with Crippen LogP contribution < -0.4 is 5.32 Å². The van der Waals surface area contributed by atoms with Crippen LogP contribution in [0, 0.1) is 0 Å². The lowest BCUT2D eigenvalue weighted by molar-refractivity contribution is -0.121. The summed E-state index contributed by atoms with van der Waals surface area (Å²) in [5.74, 6) is -0.185. The molecule has 2 aromatic carbocycles. The number of imide groups is 1. The number of fused-ring (bicyclic) bond motifs is 1. The van der Waals surface area contributed by atoms with Gasteiger partial charge in [0.2, 0.25) is 5.91 Å². The van der Waals surface area contributed by atoms with Gasteiger partial charge in [0, 0.05) is 32.3 Å². The first-order valence-corrected chi connectivity index (χ1v) is 12.3. The highest BCUT2D eigenvalue weighted by Gasteiger charge is 2.35. The van der Waals surface area contributed by atoms with E-state index in [-0.39, 0.29) is 35.4 Å². The first kappa shape index (κ1) is 24.4. The Hall–Kier alpha value is -3.72. The van der Waals surface area contributed by atoms with Crippen LogP contribution in [0.5, 0.6) is 0 Å². The summed E-state index contributed by atoms with van der Waals surface area (Å²) in [6.45, 7) is 1.61. The Kier molecular flexibility index (Phi) is 7.77. The Bertz CT molecular complexity index is 1180. The molecule has 2 N–H and O–H groups in total. The van der Waals surface area contributed by atoms with Crippen LogP contribution in [0.1, 0.15) is 57.9 Å². The van der Waals surface area contributed by atoms with Crippen molar-refractivity contribution < 1.29 is 19.2 Å². The van der Waals surface area contributed by atoms with Gasteiger partial charge in [-0.25, -0.2) is 4.98 Å². The maximum atomic E-state index is 13.3. The van der Waals surface area contributed by atoms with Gasteiger partial charge < -0.3 is 10.3 Å². The van der Waals surface area contributed by atoms with Crippen LogP contribution in [0.4, 0.5) is 0 Å². The lowest BCUT2D eigenvalue weighted by Crippen LogP contribution is -2.38. The van der Waals surface area contributed by atoms with E-state index in [2.05, 4.69) is 15.3 Å². The Labute approximate surface area is 207 Å². The highest BCUT2D eigenvalue weighted by molar-refractivity contribution is 8.14. The monoisotopic (exact) mass is 490 g/mol. The van der Waals surface area contributed by atoms with Crippen molar-refractivity contribution in [3.8, 4) is 0 Å². The second-order valence-electron chi connectivity index (χ2n) is 8.26. The number of hydrogen-bond acceptors (Lipinski definition) is 6. The largest absolute Gasteiger partial charge is 0.349 e. The third-order valence-corrected chi connectivity index (χ3v) is 6.86. The molecule has 0 fully saturated rings. The second kappa shape index (κ2) is 11.1. The Morgan fingerprint density at radius 1 is 1.03 bits per heavy atom. The number of nitrogens with one attached hydrogen (secondary N) is 2. The van der Waals surface area contributed by atoms with E-state index in [0.29, 0.717) is 30.4 Å². The highest BCUT2D eigenvalue weighted by Crippen LogP contribution is 2.25. The maximum absolute atomic E-state index is 13.3. The van der Waals surface area contributed by atoms with Crippen molar-refractivity contribution in [3.63, 3.8) is 0 Å². The average Bonchev–Trinajstić information content (AvgIpc) is 3.46. The molecule has 0 bridgehead atoms. The van der Waals surface area contributed by atoms with Crippen molar-refractivity contribution in [2.24, 2.45) is 0 Å². The molecule has 1 aromatic heterocycles. The number of aromatic nitrogens is 2. The van der Waals surface area contributed by atoms with Crippen molar-refractivity contribution in [2.45, 2.75) is 37.5 Å². The van der Waals surface area contributed by atoms with Gasteiger partial charge in [-0.2, -0.15) is 0 Å². The lowest BCUT2D eigenvalue weighted by Gasteiger charge is -2.22. The number of benzene rings is 2. The predicted molar refractivity (Wildman–Crippen MR) is 133 cm³/mol. The van der Waals surface area contributed by atoms with Crippen LogP contribution in [0.2, 0.25) is 0 Å². The van der Waals surface area contributed by atoms with E-state index in [9.17, 15) is 19.2 Å². The molecule has 0 saturated heterocycles. The fourth-order valence-electron chi connectivity index (χ4n) is 4.13. The van der Waals surface area contributed by atoms with E-state index in [1.165, 1.54) is 11.8 Å². The van der Waals surface area contributed by atoms with Crippen LogP contribution in [0.15, 0.2) is 67.0 Å². The minimum atomic E-state index is -0.648. The van der Waals surface area contributed by atoms with Gasteiger partial charge in [-0.1, -0.05) is 54.2 Å². The van der Waals surface area contributed by atoms with E-state index in [0.717, 1.165) is 23.1 Å². The molecule has 3 aromatic rings. The summed E-state index contributed by atoms with van der Waals surface area (Å²) in [6.07, 6.45) is 4.60. The molecule has 0 saturated carbocycles. The standard InChI is InChI=1S/C26H26N4O4S/c1-17(31)35-22(12-7-15-30-25(33)19-10-5-6-11-20(19)26(30)34)24(32)29-21(16-23-27-13-14-28-23)18-8-3-2-4-9-18/h2-6,8-11,13-14,21-22H,7,12,15-16H2,1H3,(H,27,28)(H,29,32). The van der Waals surface area contributed by atoms with Crippen LogP contribution >= 0.6 is 11.8 Å². The molecular formula is C26H26N4O4S. The summed E-state index contributed by atoms with van der Waals surface area (Å²) in [6, 6.07) is 16.0. The number of hydrogen-bond donors (Lipinski definition) is 2. The average molecular weight is 491 g/mol. The number of aromatic amines is 1. The van der Waals surface area contributed by atoms with Gasteiger partial charge in [0.15, 0.2) is 5.12 Å². The number of amides is 3. The normalized spacial score (nSPS) is 14.5. The molecule has 1 aliphatic heterocycles. The van der Waals surface area contributed by atoms with E-state index < -0.39 is 5.25 Å². The third-order valence-electron chi connectivity index (χ3n) is 5.80. The summed E-state index contributed by atoms with van der Waals surface area (Å²) in [5.41, 5.74) is 1.72. The van der Waals surface area contributed by atoms with E-state index in [4.69, 9.17) is 0 Å². The number of nitrogens with zero attached hydrogens (tertiary/aromatic N) is 2. The number of imidazole rings is 1. The molecule has 0 aliphatic carbocycles. The molecule has 1 aliphatic rings. The first-order chi connectivity index (χ1) is 16.9. The SMILES string of the molecule is CC(=O)SC(CCCN1C(=O)c2ccccc2C1=O)C(=O)NC(Cc1ncc[nH]1)c1ccccc1. The Morgan fingerprint density at radius 2 is 1.69 bits per heavy atom. The van der Waals surface area contributed by atoms with E-state index in [1.54, 1.807) is 36.7 Å². The molecule has 2 unspecified atom stereocenters. The summed E-state index contributed by atoms with van der Waals surface area (Å²) in [7, 11) is 0. The molecule has 9 heteroatoms. The zero-order valence-electron chi connectivity index (χ0n) is 19.3. The van der Waals surface area contributed by atoms with E-state index in [1.807, 2.05) is 30.3 Å². The third kappa shape index (κ3) is 5.86. The van der Waals surface area contributed by atoms with Crippen LogP contribution in [0.3, 0.4) is 0 Å². The molecule has 0 radical (unpaired) electrons. The maximum Gasteiger partial charge on any atom is 0.261 e. The smallest absolute Gasteiger partial charge is 0.261 e. The van der Waals surface area contributed by atoms with Crippen LogP contribution in [0.25, 0.3) is 0 Å². The van der Waals surface area contributed by atoms with Gasteiger partial charge in [0.1, 0.15) is 5.82 Å². The summed E-state index contributed by atoms with van der Waals surface area (Å²) in [5, 5.41) is 2.25. The molecule has 2 atom stereocenters. The van der Waals surface area contributed by atoms with Crippen molar-refractivity contribution in [3.05, 3.63) is 89.5 Å². The number of carbonyl (C=O) groups is 4. The second-order valence-corrected chi connectivity index (χ2v) is 9.64. The quantitative estimate of drug-likeness (QED) is 0.421. The van der Waals surface area contributed by atoms with E-state index >= 15 is 0 Å². The molecule has 4 rings (SSSR count). The predicted octanol–water partition coefficient (Wildman–Crippen LogP) is 3.53. The van der Waals surface area contributed by atoms with Crippen molar-refractivity contribution in [2.75, 3.05) is 6.54 Å². The van der Waals surface area contributed by atoms with Crippen LogP contribution in [-0.4, -0.2) is 49.5 Å². The van der Waals surface area contributed by atoms with Crippen molar-refractivity contribution >= 4 is 34.6 Å². The number of rotatable bonds is 10. The van der Waals surface area contributed by atoms with Crippen LogP contribution in [-0.2, 0) is 16.0 Å². The highest BCUT2D eigenvalue weighted by atomic mass is 32.2. The molecule has 2 heterocycles. The van der Waals surface area contributed by atoms with Gasteiger partial charge in [0.05, 0.1) is 22.4 Å². The van der Waals surface area contributed by atoms with Gasteiger partial charge in [0.25, 0.3) is 11.8 Å². The minimum Gasteiger partial charge on any atom is -0.349 e. The molecule has 35 heavy (non-hydrogen) atoms. The zero-order chi connectivity index (χ0) is 24.8. The first-order valence-electron chi connectivity index (χ1n) is 11.4. The van der Waals surface area contributed by atoms with Crippen molar-refractivity contribution in [1.29, 1.82) is 0 Å². The lowest BCUT2D eigenvalue weighted by atomic mass is 10.0. The van der Waals surface area contributed by atoms with Gasteiger partial charge in [-0.05, 0) is 30.5 Å². The molecule has 3 amide bonds. The minimum absolute atomic E-state index is 0.173. The van der Waals surface area contributed by atoms with Crippen molar-refractivity contribution in [1.82, 2.24) is 20.2 Å². The molecule has 180 valence electrons. The summed E-state index contributed by atoms with van der Waals surface area (Å²) >= 11 is 0.961. The fraction of sp³-hybridized carbons (Fsp3) is 0.269. The summed E-state index contributed by atoms with van der Waals surface area (Å²) in [4.78, 5) is 58.9. The van der Waals surface area contributed by atoms with Gasteiger partial charge in [-0.3, -0.25) is 24.1 Å². The molecular weight excluding hydrogens is 464 g/mol. The van der Waals surface area contributed by atoms with Gasteiger partial charge >= 0.3 is 0 Å².